The number of carbonyl (C=O) groups is 1. The zero-order chi connectivity index (χ0) is 13.7. The van der Waals surface area contributed by atoms with Gasteiger partial charge >= 0.3 is 5.97 Å². The second-order valence-electron chi connectivity index (χ2n) is 4.54. The van der Waals surface area contributed by atoms with Crippen LogP contribution in [-0.4, -0.2) is 32.3 Å². The number of fused-ring (bicyclic) bond motifs is 1. The van der Waals surface area contributed by atoms with Gasteiger partial charge < -0.3 is 19.5 Å². The Morgan fingerprint density at radius 1 is 1.37 bits per heavy atom. The predicted octanol–water partition coefficient (Wildman–Crippen LogP) is 2.21. The number of ether oxygens (including phenoxy) is 3. The lowest BCUT2D eigenvalue weighted by molar-refractivity contribution is -0.140. The van der Waals surface area contributed by atoms with Crippen LogP contribution in [-0.2, 0) is 9.53 Å². The lowest BCUT2D eigenvalue weighted by atomic mass is 10.2. The molecule has 19 heavy (non-hydrogen) atoms. The van der Waals surface area contributed by atoms with Crippen LogP contribution in [0.5, 0.6) is 11.5 Å². The van der Waals surface area contributed by atoms with Crippen molar-refractivity contribution in [3.63, 3.8) is 0 Å². The Bertz CT molecular complexity index is 447. The maximum absolute atomic E-state index is 11.2. The molecule has 0 bridgehead atoms. The van der Waals surface area contributed by atoms with Gasteiger partial charge in [-0.2, -0.15) is 0 Å². The number of benzene rings is 1. The molecular formula is C14H19NO4. The molecule has 0 saturated heterocycles. The molecule has 0 saturated carbocycles. The molecule has 0 aliphatic carbocycles. The van der Waals surface area contributed by atoms with Crippen LogP contribution in [0.15, 0.2) is 18.2 Å². The van der Waals surface area contributed by atoms with Gasteiger partial charge in [-0.05, 0) is 19.1 Å². The quantitative estimate of drug-likeness (QED) is 0.846. The molecule has 104 valence electrons. The summed E-state index contributed by atoms with van der Waals surface area (Å²) >= 11 is 0. The van der Waals surface area contributed by atoms with Crippen LogP contribution >= 0.6 is 0 Å². The zero-order valence-corrected chi connectivity index (χ0v) is 11.3. The van der Waals surface area contributed by atoms with Crippen molar-refractivity contribution in [3.05, 3.63) is 18.2 Å². The SMILES string of the molecule is COC(=O)CC(C)Nc1ccc2c(c1)OCCCO2. The fraction of sp³-hybridized carbons (Fsp3) is 0.500. The lowest BCUT2D eigenvalue weighted by Gasteiger charge is -2.15. The molecule has 0 aromatic heterocycles. The summed E-state index contributed by atoms with van der Waals surface area (Å²) in [6.45, 7) is 3.27. The summed E-state index contributed by atoms with van der Waals surface area (Å²) in [6, 6.07) is 5.70. The molecule has 1 heterocycles. The Morgan fingerprint density at radius 2 is 2.11 bits per heavy atom. The second-order valence-corrected chi connectivity index (χ2v) is 4.54. The van der Waals surface area contributed by atoms with Gasteiger partial charge in [-0.3, -0.25) is 4.79 Å². The van der Waals surface area contributed by atoms with Crippen molar-refractivity contribution in [1.29, 1.82) is 0 Å². The Balaban J connectivity index is 2.01. The number of carbonyl (C=O) groups excluding carboxylic acids is 1. The van der Waals surface area contributed by atoms with Gasteiger partial charge in [0.15, 0.2) is 11.5 Å². The minimum absolute atomic E-state index is 0.00260. The average Bonchev–Trinajstić information content (AvgIpc) is 2.63. The summed E-state index contributed by atoms with van der Waals surface area (Å²) in [5.74, 6) is 1.28. The minimum atomic E-state index is -0.227. The molecule has 0 amide bonds. The molecule has 0 spiro atoms. The molecule has 1 aromatic rings. The summed E-state index contributed by atoms with van der Waals surface area (Å²) in [6.07, 6.45) is 1.21. The van der Waals surface area contributed by atoms with Crippen molar-refractivity contribution in [3.8, 4) is 11.5 Å². The normalized spacial score (nSPS) is 15.3. The fourth-order valence-electron chi connectivity index (χ4n) is 1.92. The van der Waals surface area contributed by atoms with E-state index < -0.39 is 0 Å². The number of methoxy groups -OCH3 is 1. The topological polar surface area (TPSA) is 56.8 Å². The molecule has 1 N–H and O–H groups in total. The predicted molar refractivity (Wildman–Crippen MR) is 71.8 cm³/mol. The van der Waals surface area contributed by atoms with Gasteiger partial charge in [0.1, 0.15) is 0 Å². The Hall–Kier alpha value is -1.91. The minimum Gasteiger partial charge on any atom is -0.490 e. The third-order valence-electron chi connectivity index (χ3n) is 2.86. The molecule has 1 aliphatic heterocycles. The summed E-state index contributed by atoms with van der Waals surface area (Å²) in [5.41, 5.74) is 0.903. The van der Waals surface area contributed by atoms with Gasteiger partial charge in [0.05, 0.1) is 26.7 Å². The molecule has 5 nitrogen and oxygen atoms in total. The molecule has 1 atom stereocenters. The largest absolute Gasteiger partial charge is 0.490 e. The van der Waals surface area contributed by atoms with Gasteiger partial charge in [0.25, 0.3) is 0 Å². The number of rotatable bonds is 4. The molecule has 0 radical (unpaired) electrons. The number of hydrogen-bond donors (Lipinski definition) is 1. The maximum atomic E-state index is 11.2. The molecule has 1 unspecified atom stereocenters. The molecule has 1 aliphatic rings. The van der Waals surface area contributed by atoms with Gasteiger partial charge in [0, 0.05) is 24.2 Å². The van der Waals surface area contributed by atoms with Crippen molar-refractivity contribution in [2.75, 3.05) is 25.6 Å². The van der Waals surface area contributed by atoms with Gasteiger partial charge in [0.2, 0.25) is 0 Å². The monoisotopic (exact) mass is 265 g/mol. The first-order chi connectivity index (χ1) is 9.19. The van der Waals surface area contributed by atoms with Crippen molar-refractivity contribution in [1.82, 2.24) is 0 Å². The van der Waals surface area contributed by atoms with E-state index in [1.807, 2.05) is 25.1 Å². The van der Waals surface area contributed by atoms with Crippen molar-refractivity contribution >= 4 is 11.7 Å². The van der Waals surface area contributed by atoms with Gasteiger partial charge in [-0.1, -0.05) is 0 Å². The number of esters is 1. The van der Waals surface area contributed by atoms with E-state index in [0.29, 0.717) is 19.6 Å². The Kier molecular flexibility index (Phi) is 4.49. The van der Waals surface area contributed by atoms with E-state index in [-0.39, 0.29) is 12.0 Å². The Morgan fingerprint density at radius 3 is 2.84 bits per heavy atom. The van der Waals surface area contributed by atoms with Crippen LogP contribution in [0.3, 0.4) is 0 Å². The second kappa shape index (κ2) is 6.31. The molecule has 1 aromatic carbocycles. The Labute approximate surface area is 112 Å². The van der Waals surface area contributed by atoms with Crippen LogP contribution in [0.1, 0.15) is 19.8 Å². The first kappa shape index (κ1) is 13.5. The summed E-state index contributed by atoms with van der Waals surface area (Å²) < 4.78 is 15.8. The van der Waals surface area contributed by atoms with E-state index in [2.05, 4.69) is 10.1 Å². The van der Waals surface area contributed by atoms with E-state index in [1.54, 1.807) is 0 Å². The standard InChI is InChI=1S/C14H19NO4/c1-10(8-14(16)17-2)15-11-4-5-12-13(9-11)19-7-3-6-18-12/h4-5,9-10,15H,3,6-8H2,1-2H3. The van der Waals surface area contributed by atoms with Gasteiger partial charge in [-0.25, -0.2) is 0 Å². The van der Waals surface area contributed by atoms with Crippen molar-refractivity contribution in [2.24, 2.45) is 0 Å². The third kappa shape index (κ3) is 3.77. The smallest absolute Gasteiger partial charge is 0.307 e. The summed E-state index contributed by atoms with van der Waals surface area (Å²) in [5, 5.41) is 3.24. The maximum Gasteiger partial charge on any atom is 0.307 e. The summed E-state index contributed by atoms with van der Waals surface area (Å²) in [4.78, 5) is 11.2. The van der Waals surface area contributed by atoms with Crippen LogP contribution in [0, 0.1) is 0 Å². The third-order valence-corrected chi connectivity index (χ3v) is 2.86. The van der Waals surface area contributed by atoms with E-state index in [4.69, 9.17) is 9.47 Å². The van der Waals surface area contributed by atoms with Gasteiger partial charge in [-0.15, -0.1) is 0 Å². The highest BCUT2D eigenvalue weighted by molar-refractivity contribution is 5.70. The fourth-order valence-corrected chi connectivity index (χ4v) is 1.92. The average molecular weight is 265 g/mol. The van der Waals surface area contributed by atoms with Crippen molar-refractivity contribution < 1.29 is 19.0 Å². The van der Waals surface area contributed by atoms with E-state index in [0.717, 1.165) is 23.6 Å². The van der Waals surface area contributed by atoms with Crippen LogP contribution in [0.25, 0.3) is 0 Å². The molecule has 5 heteroatoms. The van der Waals surface area contributed by atoms with E-state index in [1.165, 1.54) is 7.11 Å². The summed E-state index contributed by atoms with van der Waals surface area (Å²) in [7, 11) is 1.39. The molecular weight excluding hydrogens is 246 g/mol. The molecule has 2 rings (SSSR count). The van der Waals surface area contributed by atoms with Crippen LogP contribution in [0.2, 0.25) is 0 Å². The zero-order valence-electron chi connectivity index (χ0n) is 11.3. The highest BCUT2D eigenvalue weighted by Gasteiger charge is 2.13. The lowest BCUT2D eigenvalue weighted by Crippen LogP contribution is -2.20. The number of anilines is 1. The first-order valence-electron chi connectivity index (χ1n) is 6.42. The number of hydrogen-bond acceptors (Lipinski definition) is 5. The highest BCUT2D eigenvalue weighted by atomic mass is 16.5. The van der Waals surface area contributed by atoms with Crippen molar-refractivity contribution in [2.45, 2.75) is 25.8 Å². The van der Waals surface area contributed by atoms with E-state index >= 15 is 0 Å². The number of nitrogens with one attached hydrogen (secondary N) is 1. The molecule has 0 fully saturated rings. The van der Waals surface area contributed by atoms with Crippen LogP contribution in [0.4, 0.5) is 5.69 Å². The first-order valence-corrected chi connectivity index (χ1v) is 6.42. The van der Waals surface area contributed by atoms with E-state index in [9.17, 15) is 4.79 Å². The highest BCUT2D eigenvalue weighted by Crippen LogP contribution is 2.32. The van der Waals surface area contributed by atoms with Crippen LogP contribution < -0.4 is 14.8 Å².